The predicted molar refractivity (Wildman–Crippen MR) is 136 cm³/mol. The molecule has 182 valence electrons. The topological polar surface area (TPSA) is 111 Å². The van der Waals surface area contributed by atoms with E-state index < -0.39 is 29.9 Å². The number of hydrogen-bond donors (Lipinski definition) is 3. The first-order valence-corrected chi connectivity index (χ1v) is 11.6. The molecule has 0 radical (unpaired) electrons. The summed E-state index contributed by atoms with van der Waals surface area (Å²) >= 11 is 12.8. The Morgan fingerprint density at radius 3 is 2.06 bits per heavy atom. The van der Waals surface area contributed by atoms with Crippen LogP contribution in [-0.4, -0.2) is 36.4 Å². The monoisotopic (exact) mass is 513 g/mol. The number of benzene rings is 3. The van der Waals surface area contributed by atoms with E-state index in [4.69, 9.17) is 33.7 Å². The van der Waals surface area contributed by atoms with Crippen LogP contribution in [0.25, 0.3) is 11.1 Å². The van der Waals surface area contributed by atoms with Gasteiger partial charge < -0.3 is 21.1 Å². The highest BCUT2D eigenvalue weighted by Crippen LogP contribution is 2.31. The number of rotatable bonds is 9. The standard InChI is InChI=1S/C26H25Cl2N3O4/c1-16(29)24(32)30-14-22(26(34)35-15-17-8-4-2-5-9-17)31-25(33)23-20(27)12-19(13-21(23)28)18-10-6-3-7-11-18/h2-13,16,22H,14-15,29H2,1H3,(H,30,32)(H,31,33)/t16-,22-/m0/s1. The molecule has 0 aromatic heterocycles. The van der Waals surface area contributed by atoms with Gasteiger partial charge in [0.2, 0.25) is 5.91 Å². The molecule has 0 aliphatic heterocycles. The summed E-state index contributed by atoms with van der Waals surface area (Å²) in [6, 6.07) is 19.7. The molecule has 35 heavy (non-hydrogen) atoms. The summed E-state index contributed by atoms with van der Waals surface area (Å²) in [5.41, 5.74) is 7.97. The lowest BCUT2D eigenvalue weighted by molar-refractivity contribution is -0.147. The number of ether oxygens (including phenoxy) is 1. The second-order valence-electron chi connectivity index (χ2n) is 7.83. The van der Waals surface area contributed by atoms with E-state index in [1.807, 2.05) is 48.5 Å². The molecule has 0 saturated carbocycles. The number of esters is 1. The first kappa shape index (κ1) is 26.2. The van der Waals surface area contributed by atoms with Crippen LogP contribution in [0, 0.1) is 0 Å². The summed E-state index contributed by atoms with van der Waals surface area (Å²) in [5.74, 6) is -1.90. The van der Waals surface area contributed by atoms with Crippen LogP contribution >= 0.6 is 23.2 Å². The number of carbonyl (C=O) groups is 3. The largest absolute Gasteiger partial charge is 0.459 e. The molecule has 0 aliphatic rings. The van der Waals surface area contributed by atoms with E-state index >= 15 is 0 Å². The Balaban J connectivity index is 1.78. The summed E-state index contributed by atoms with van der Waals surface area (Å²) in [5, 5.41) is 5.33. The van der Waals surface area contributed by atoms with Crippen LogP contribution in [0.3, 0.4) is 0 Å². The Labute approximate surface area is 213 Å². The maximum atomic E-state index is 13.1. The van der Waals surface area contributed by atoms with Gasteiger partial charge in [-0.3, -0.25) is 9.59 Å². The molecule has 0 saturated heterocycles. The molecule has 3 aromatic rings. The summed E-state index contributed by atoms with van der Waals surface area (Å²) in [6.07, 6.45) is 0. The number of nitrogens with two attached hydrogens (primary N) is 1. The Morgan fingerprint density at radius 2 is 1.49 bits per heavy atom. The fourth-order valence-corrected chi connectivity index (χ4v) is 3.86. The minimum absolute atomic E-state index is 0.000562. The first-order valence-electron chi connectivity index (χ1n) is 10.9. The zero-order chi connectivity index (χ0) is 25.4. The molecule has 9 heteroatoms. The third kappa shape index (κ3) is 7.29. The third-order valence-electron chi connectivity index (χ3n) is 5.08. The zero-order valence-corrected chi connectivity index (χ0v) is 20.5. The van der Waals surface area contributed by atoms with Gasteiger partial charge in [0.15, 0.2) is 0 Å². The van der Waals surface area contributed by atoms with Crippen LogP contribution in [-0.2, 0) is 20.9 Å². The smallest absolute Gasteiger partial charge is 0.330 e. The SMILES string of the molecule is C[C@H](N)C(=O)NC[C@H](NC(=O)c1c(Cl)cc(-c2ccccc2)cc1Cl)C(=O)OCc1ccccc1. The molecule has 0 unspecified atom stereocenters. The lowest BCUT2D eigenvalue weighted by Gasteiger charge is -2.20. The van der Waals surface area contributed by atoms with E-state index in [-0.39, 0.29) is 28.8 Å². The van der Waals surface area contributed by atoms with Crippen LogP contribution in [0.4, 0.5) is 0 Å². The number of hydrogen-bond acceptors (Lipinski definition) is 5. The van der Waals surface area contributed by atoms with Crippen molar-refractivity contribution in [2.24, 2.45) is 5.73 Å². The molecule has 2 atom stereocenters. The molecule has 3 rings (SSSR count). The number of amides is 2. The van der Waals surface area contributed by atoms with Crippen molar-refractivity contribution >= 4 is 41.0 Å². The van der Waals surface area contributed by atoms with Crippen LogP contribution in [0.1, 0.15) is 22.8 Å². The highest BCUT2D eigenvalue weighted by Gasteiger charge is 2.26. The van der Waals surface area contributed by atoms with Gasteiger partial charge in [0.25, 0.3) is 5.91 Å². The number of carbonyl (C=O) groups excluding carboxylic acids is 3. The van der Waals surface area contributed by atoms with Crippen molar-refractivity contribution in [1.29, 1.82) is 0 Å². The van der Waals surface area contributed by atoms with E-state index in [1.54, 1.807) is 24.3 Å². The maximum absolute atomic E-state index is 13.1. The molecule has 0 bridgehead atoms. The van der Waals surface area contributed by atoms with Gasteiger partial charge in [0, 0.05) is 6.54 Å². The third-order valence-corrected chi connectivity index (χ3v) is 5.68. The lowest BCUT2D eigenvalue weighted by atomic mass is 10.0. The van der Waals surface area contributed by atoms with Gasteiger partial charge in [0.05, 0.1) is 21.7 Å². The summed E-state index contributed by atoms with van der Waals surface area (Å²) in [7, 11) is 0. The highest BCUT2D eigenvalue weighted by atomic mass is 35.5. The van der Waals surface area contributed by atoms with Crippen molar-refractivity contribution in [3.8, 4) is 11.1 Å². The average Bonchev–Trinajstić information content (AvgIpc) is 2.85. The zero-order valence-electron chi connectivity index (χ0n) is 19.0. The molecule has 0 fully saturated rings. The molecular weight excluding hydrogens is 489 g/mol. The van der Waals surface area contributed by atoms with Gasteiger partial charge in [-0.2, -0.15) is 0 Å². The summed E-state index contributed by atoms with van der Waals surface area (Å²) < 4.78 is 5.36. The van der Waals surface area contributed by atoms with Crippen LogP contribution in [0.5, 0.6) is 0 Å². The molecule has 7 nitrogen and oxygen atoms in total. The maximum Gasteiger partial charge on any atom is 0.330 e. The Kier molecular flexibility index (Phi) is 9.25. The molecule has 4 N–H and O–H groups in total. The molecule has 3 aromatic carbocycles. The Bertz CT molecular complexity index is 1160. The quantitative estimate of drug-likeness (QED) is 0.375. The van der Waals surface area contributed by atoms with Gasteiger partial charge in [-0.25, -0.2) is 4.79 Å². The number of nitrogens with one attached hydrogen (secondary N) is 2. The van der Waals surface area contributed by atoms with Gasteiger partial charge in [-0.15, -0.1) is 0 Å². The second-order valence-corrected chi connectivity index (χ2v) is 8.65. The van der Waals surface area contributed by atoms with Crippen molar-refractivity contribution in [2.45, 2.75) is 25.6 Å². The minimum Gasteiger partial charge on any atom is -0.459 e. The average molecular weight is 514 g/mol. The first-order chi connectivity index (χ1) is 16.8. The fraction of sp³-hybridized carbons (Fsp3) is 0.192. The van der Waals surface area contributed by atoms with E-state index in [1.165, 1.54) is 6.92 Å². The van der Waals surface area contributed by atoms with Crippen molar-refractivity contribution < 1.29 is 19.1 Å². The molecule has 0 heterocycles. The van der Waals surface area contributed by atoms with Crippen LogP contribution in [0.2, 0.25) is 10.0 Å². The van der Waals surface area contributed by atoms with Gasteiger partial charge in [-0.1, -0.05) is 83.9 Å². The van der Waals surface area contributed by atoms with Crippen LogP contribution in [0.15, 0.2) is 72.8 Å². The Morgan fingerprint density at radius 1 is 0.914 bits per heavy atom. The summed E-state index contributed by atoms with van der Waals surface area (Å²) in [6.45, 7) is 1.28. The second kappa shape index (κ2) is 12.4. The van der Waals surface area contributed by atoms with Crippen molar-refractivity contribution in [1.82, 2.24) is 10.6 Å². The van der Waals surface area contributed by atoms with E-state index in [0.717, 1.165) is 16.7 Å². The van der Waals surface area contributed by atoms with Gasteiger partial charge in [-0.05, 0) is 35.7 Å². The van der Waals surface area contributed by atoms with Gasteiger partial charge in [0.1, 0.15) is 12.6 Å². The predicted octanol–water partition coefficient (Wildman–Crippen LogP) is 3.97. The van der Waals surface area contributed by atoms with E-state index in [9.17, 15) is 14.4 Å². The molecule has 2 amide bonds. The lowest BCUT2D eigenvalue weighted by Crippen LogP contribution is -2.51. The van der Waals surface area contributed by atoms with E-state index in [0.29, 0.717) is 0 Å². The molecule has 0 aliphatic carbocycles. The van der Waals surface area contributed by atoms with Crippen LogP contribution < -0.4 is 16.4 Å². The Hall–Kier alpha value is -3.39. The van der Waals surface area contributed by atoms with E-state index in [2.05, 4.69) is 10.6 Å². The molecule has 0 spiro atoms. The molecular formula is C26H25Cl2N3O4. The normalized spacial score (nSPS) is 12.3. The minimum atomic E-state index is -1.20. The number of halogens is 2. The highest BCUT2D eigenvalue weighted by molar-refractivity contribution is 6.40. The van der Waals surface area contributed by atoms with Crippen molar-refractivity contribution in [3.63, 3.8) is 0 Å². The van der Waals surface area contributed by atoms with Crippen molar-refractivity contribution in [3.05, 3.63) is 94.0 Å². The van der Waals surface area contributed by atoms with Gasteiger partial charge >= 0.3 is 5.97 Å². The van der Waals surface area contributed by atoms with Crippen molar-refractivity contribution in [2.75, 3.05) is 6.54 Å². The summed E-state index contributed by atoms with van der Waals surface area (Å²) in [4.78, 5) is 37.8. The fourth-order valence-electron chi connectivity index (χ4n) is 3.20.